The molecule has 0 aromatic carbocycles. The van der Waals surface area contributed by atoms with Crippen molar-refractivity contribution in [2.45, 2.75) is 59.0 Å². The first-order valence-electron chi connectivity index (χ1n) is 7.57. The molecule has 0 radical (unpaired) electrons. The van der Waals surface area contributed by atoms with E-state index in [0.29, 0.717) is 12.0 Å². The molecule has 0 spiro atoms. The SMILES string of the molecule is CCC1CNC(C)(CC)CN1CCOCC(C)C. The van der Waals surface area contributed by atoms with Gasteiger partial charge in [0.25, 0.3) is 0 Å². The van der Waals surface area contributed by atoms with Crippen LogP contribution in [-0.4, -0.2) is 49.3 Å². The van der Waals surface area contributed by atoms with E-state index in [1.165, 1.54) is 12.8 Å². The lowest BCUT2D eigenvalue weighted by Crippen LogP contribution is -2.62. The second-order valence-electron chi connectivity index (χ2n) is 6.30. The molecule has 1 aliphatic rings. The molecule has 1 heterocycles. The Bertz CT molecular complexity index is 233. The van der Waals surface area contributed by atoms with Crippen molar-refractivity contribution in [2.24, 2.45) is 5.92 Å². The number of piperazine rings is 1. The second-order valence-corrected chi connectivity index (χ2v) is 6.30. The minimum absolute atomic E-state index is 0.281. The number of hydrogen-bond donors (Lipinski definition) is 1. The lowest BCUT2D eigenvalue weighted by molar-refractivity contribution is 0.0358. The Morgan fingerprint density at radius 3 is 2.67 bits per heavy atom. The second kappa shape index (κ2) is 7.46. The van der Waals surface area contributed by atoms with Crippen LogP contribution in [0.5, 0.6) is 0 Å². The van der Waals surface area contributed by atoms with E-state index in [9.17, 15) is 0 Å². The van der Waals surface area contributed by atoms with Gasteiger partial charge in [0.15, 0.2) is 0 Å². The number of hydrogen-bond acceptors (Lipinski definition) is 3. The average molecular weight is 256 g/mol. The summed E-state index contributed by atoms with van der Waals surface area (Å²) in [5, 5.41) is 3.70. The molecule has 1 aliphatic heterocycles. The quantitative estimate of drug-likeness (QED) is 0.708. The summed E-state index contributed by atoms with van der Waals surface area (Å²) in [5.74, 6) is 0.635. The molecule has 18 heavy (non-hydrogen) atoms. The van der Waals surface area contributed by atoms with E-state index in [4.69, 9.17) is 4.74 Å². The molecular weight excluding hydrogens is 224 g/mol. The molecule has 0 aliphatic carbocycles. The fraction of sp³-hybridized carbons (Fsp3) is 1.00. The molecule has 1 rings (SSSR count). The smallest absolute Gasteiger partial charge is 0.0593 e. The lowest BCUT2D eigenvalue weighted by Gasteiger charge is -2.46. The third-order valence-electron chi connectivity index (χ3n) is 4.06. The zero-order chi connectivity index (χ0) is 13.6. The van der Waals surface area contributed by atoms with Gasteiger partial charge in [0.05, 0.1) is 6.61 Å². The Hall–Kier alpha value is -0.120. The van der Waals surface area contributed by atoms with E-state index in [1.54, 1.807) is 0 Å². The molecule has 0 amide bonds. The molecule has 3 nitrogen and oxygen atoms in total. The van der Waals surface area contributed by atoms with E-state index < -0.39 is 0 Å². The van der Waals surface area contributed by atoms with Gasteiger partial charge in [-0.1, -0.05) is 27.7 Å². The third-order valence-corrected chi connectivity index (χ3v) is 4.06. The van der Waals surface area contributed by atoms with Crippen molar-refractivity contribution in [2.75, 3.05) is 32.8 Å². The van der Waals surface area contributed by atoms with E-state index in [-0.39, 0.29) is 5.54 Å². The summed E-state index contributed by atoms with van der Waals surface area (Å²) >= 11 is 0. The van der Waals surface area contributed by atoms with Crippen LogP contribution in [0.3, 0.4) is 0 Å². The highest BCUT2D eigenvalue weighted by atomic mass is 16.5. The van der Waals surface area contributed by atoms with Crippen molar-refractivity contribution in [3.8, 4) is 0 Å². The van der Waals surface area contributed by atoms with Crippen molar-refractivity contribution in [1.82, 2.24) is 10.2 Å². The van der Waals surface area contributed by atoms with Crippen molar-refractivity contribution in [1.29, 1.82) is 0 Å². The van der Waals surface area contributed by atoms with E-state index in [0.717, 1.165) is 32.8 Å². The molecule has 0 saturated carbocycles. The molecule has 0 bridgehead atoms. The summed E-state index contributed by atoms with van der Waals surface area (Å²) in [7, 11) is 0. The van der Waals surface area contributed by atoms with E-state index >= 15 is 0 Å². The van der Waals surface area contributed by atoms with Crippen LogP contribution in [0.4, 0.5) is 0 Å². The van der Waals surface area contributed by atoms with Gasteiger partial charge in [-0.05, 0) is 25.7 Å². The maximum atomic E-state index is 5.73. The zero-order valence-electron chi connectivity index (χ0n) is 13.0. The van der Waals surface area contributed by atoms with Crippen LogP contribution in [0.1, 0.15) is 47.5 Å². The fourth-order valence-electron chi connectivity index (χ4n) is 2.53. The minimum atomic E-state index is 0.281. The Balaban J connectivity index is 2.38. The molecule has 2 atom stereocenters. The number of nitrogens with zero attached hydrogens (tertiary/aromatic N) is 1. The van der Waals surface area contributed by atoms with E-state index in [1.807, 2.05) is 0 Å². The Morgan fingerprint density at radius 1 is 1.39 bits per heavy atom. The predicted molar refractivity (Wildman–Crippen MR) is 78.0 cm³/mol. The molecule has 0 aromatic rings. The van der Waals surface area contributed by atoms with Crippen molar-refractivity contribution in [3.05, 3.63) is 0 Å². The van der Waals surface area contributed by atoms with Crippen LogP contribution in [0, 0.1) is 5.92 Å². The molecule has 3 heteroatoms. The van der Waals surface area contributed by atoms with Gasteiger partial charge in [0, 0.05) is 37.8 Å². The Kier molecular flexibility index (Phi) is 6.61. The van der Waals surface area contributed by atoms with Crippen LogP contribution < -0.4 is 5.32 Å². The van der Waals surface area contributed by atoms with E-state index in [2.05, 4.69) is 44.8 Å². The lowest BCUT2D eigenvalue weighted by atomic mass is 9.93. The van der Waals surface area contributed by atoms with Gasteiger partial charge in [-0.25, -0.2) is 0 Å². The minimum Gasteiger partial charge on any atom is -0.380 e. The first-order valence-corrected chi connectivity index (χ1v) is 7.57. The van der Waals surface area contributed by atoms with Crippen molar-refractivity contribution in [3.63, 3.8) is 0 Å². The first kappa shape index (κ1) is 15.9. The number of rotatable bonds is 7. The van der Waals surface area contributed by atoms with Gasteiger partial charge >= 0.3 is 0 Å². The average Bonchev–Trinajstić information content (AvgIpc) is 2.35. The fourth-order valence-corrected chi connectivity index (χ4v) is 2.53. The molecule has 2 unspecified atom stereocenters. The van der Waals surface area contributed by atoms with Crippen LogP contribution in [-0.2, 0) is 4.74 Å². The third kappa shape index (κ3) is 4.87. The van der Waals surface area contributed by atoms with Crippen LogP contribution in [0.2, 0.25) is 0 Å². The zero-order valence-corrected chi connectivity index (χ0v) is 13.0. The molecule has 1 saturated heterocycles. The summed E-state index contributed by atoms with van der Waals surface area (Å²) < 4.78 is 5.73. The standard InChI is InChI=1S/C15H32N2O/c1-6-14-10-16-15(5,7-2)12-17(14)8-9-18-11-13(3)4/h13-14,16H,6-12H2,1-5H3. The highest BCUT2D eigenvalue weighted by molar-refractivity contribution is 4.93. The normalized spacial score (nSPS) is 30.0. The number of ether oxygens (including phenoxy) is 1. The van der Waals surface area contributed by atoms with Crippen LogP contribution >= 0.6 is 0 Å². The summed E-state index contributed by atoms with van der Waals surface area (Å²) in [6.07, 6.45) is 2.41. The monoisotopic (exact) mass is 256 g/mol. The molecular formula is C15H32N2O. The van der Waals surface area contributed by atoms with Crippen LogP contribution in [0.15, 0.2) is 0 Å². The summed E-state index contributed by atoms with van der Waals surface area (Å²) in [4.78, 5) is 2.61. The van der Waals surface area contributed by atoms with Gasteiger partial charge in [-0.2, -0.15) is 0 Å². The highest BCUT2D eigenvalue weighted by Crippen LogP contribution is 2.20. The molecule has 108 valence electrons. The molecule has 0 aromatic heterocycles. The predicted octanol–water partition coefficient (Wildman–Crippen LogP) is 2.51. The Morgan fingerprint density at radius 2 is 2.11 bits per heavy atom. The van der Waals surface area contributed by atoms with Gasteiger partial charge < -0.3 is 10.1 Å². The summed E-state index contributed by atoms with van der Waals surface area (Å²) in [6, 6.07) is 0.673. The largest absolute Gasteiger partial charge is 0.380 e. The maximum absolute atomic E-state index is 5.73. The topological polar surface area (TPSA) is 24.5 Å². The summed E-state index contributed by atoms with van der Waals surface area (Å²) in [6.45, 7) is 16.4. The van der Waals surface area contributed by atoms with Crippen LogP contribution in [0.25, 0.3) is 0 Å². The number of nitrogens with one attached hydrogen (secondary N) is 1. The maximum Gasteiger partial charge on any atom is 0.0593 e. The van der Waals surface area contributed by atoms with Crippen molar-refractivity contribution >= 4 is 0 Å². The van der Waals surface area contributed by atoms with Gasteiger partial charge in [-0.15, -0.1) is 0 Å². The van der Waals surface area contributed by atoms with Gasteiger partial charge in [0.1, 0.15) is 0 Å². The molecule has 1 N–H and O–H groups in total. The first-order chi connectivity index (χ1) is 8.50. The van der Waals surface area contributed by atoms with Gasteiger partial charge in [0.2, 0.25) is 0 Å². The summed E-state index contributed by atoms with van der Waals surface area (Å²) in [5.41, 5.74) is 0.281. The Labute approximate surface area is 113 Å². The van der Waals surface area contributed by atoms with Crippen molar-refractivity contribution < 1.29 is 4.74 Å². The molecule has 1 fully saturated rings. The highest BCUT2D eigenvalue weighted by Gasteiger charge is 2.33. The van der Waals surface area contributed by atoms with Gasteiger partial charge in [-0.3, -0.25) is 4.90 Å².